The maximum absolute atomic E-state index is 13.5. The molecule has 0 radical (unpaired) electrons. The molecule has 2 aliphatic rings. The average Bonchev–Trinajstić information content (AvgIpc) is 3.35. The first kappa shape index (κ1) is 22.4. The van der Waals surface area contributed by atoms with Crippen LogP contribution in [-0.2, 0) is 16.0 Å². The van der Waals surface area contributed by atoms with E-state index in [9.17, 15) is 9.59 Å². The lowest BCUT2D eigenvalue weighted by Crippen LogP contribution is -2.43. The van der Waals surface area contributed by atoms with Crippen LogP contribution in [0, 0.1) is 12.8 Å². The van der Waals surface area contributed by atoms with Crippen LogP contribution in [0.1, 0.15) is 67.3 Å². The molecule has 1 atom stereocenters. The molecule has 2 amide bonds. The molecule has 0 bridgehead atoms. The van der Waals surface area contributed by atoms with Crippen molar-refractivity contribution in [1.82, 2.24) is 10.2 Å². The Kier molecular flexibility index (Phi) is 7.13. The molecule has 1 aliphatic carbocycles. The van der Waals surface area contributed by atoms with Crippen LogP contribution in [0.15, 0.2) is 42.5 Å². The van der Waals surface area contributed by atoms with Crippen LogP contribution in [0.3, 0.4) is 0 Å². The van der Waals surface area contributed by atoms with E-state index >= 15 is 0 Å². The zero-order chi connectivity index (χ0) is 22.5. The van der Waals surface area contributed by atoms with E-state index in [0.29, 0.717) is 12.3 Å². The van der Waals surface area contributed by atoms with Crippen molar-refractivity contribution in [2.75, 3.05) is 19.7 Å². The van der Waals surface area contributed by atoms with Crippen LogP contribution in [0.5, 0.6) is 5.75 Å². The SMILES string of the molecule is CCCNC(=O)COc1ccc2c(c1)C(c1cccc(C)c1)N(C(=O)C1CCCC1)CC2. The van der Waals surface area contributed by atoms with Crippen LogP contribution in [-0.4, -0.2) is 36.4 Å². The molecule has 0 spiro atoms. The quantitative estimate of drug-likeness (QED) is 0.695. The minimum absolute atomic E-state index is 0.00137. The maximum Gasteiger partial charge on any atom is 0.257 e. The first-order chi connectivity index (χ1) is 15.6. The topological polar surface area (TPSA) is 58.6 Å². The third kappa shape index (κ3) is 4.98. The van der Waals surface area contributed by atoms with Crippen molar-refractivity contribution >= 4 is 11.8 Å². The highest BCUT2D eigenvalue weighted by Gasteiger charge is 2.36. The van der Waals surface area contributed by atoms with Crippen LogP contribution in [0.2, 0.25) is 0 Å². The Labute approximate surface area is 191 Å². The summed E-state index contributed by atoms with van der Waals surface area (Å²) in [5.74, 6) is 0.983. The molecule has 170 valence electrons. The van der Waals surface area contributed by atoms with E-state index in [1.54, 1.807) is 0 Å². The van der Waals surface area contributed by atoms with E-state index in [-0.39, 0.29) is 30.4 Å². The molecule has 0 saturated heterocycles. The van der Waals surface area contributed by atoms with Gasteiger partial charge in [0.15, 0.2) is 6.61 Å². The van der Waals surface area contributed by atoms with Gasteiger partial charge in [0, 0.05) is 19.0 Å². The first-order valence-electron chi connectivity index (χ1n) is 12.0. The van der Waals surface area contributed by atoms with Crippen LogP contribution < -0.4 is 10.1 Å². The van der Waals surface area contributed by atoms with E-state index in [1.165, 1.54) is 11.1 Å². The number of fused-ring (bicyclic) bond motifs is 1. The van der Waals surface area contributed by atoms with Gasteiger partial charge in [0.2, 0.25) is 5.91 Å². The van der Waals surface area contributed by atoms with Gasteiger partial charge in [-0.2, -0.15) is 0 Å². The summed E-state index contributed by atoms with van der Waals surface area (Å²) in [6, 6.07) is 14.4. The van der Waals surface area contributed by atoms with Crippen molar-refractivity contribution in [3.05, 3.63) is 64.7 Å². The normalized spacial score (nSPS) is 18.3. The molecular weight excluding hydrogens is 400 g/mol. The maximum atomic E-state index is 13.5. The molecule has 1 unspecified atom stereocenters. The van der Waals surface area contributed by atoms with Crippen LogP contribution in [0.25, 0.3) is 0 Å². The number of carbonyl (C=O) groups excluding carboxylic acids is 2. The Morgan fingerprint density at radius 1 is 1.12 bits per heavy atom. The molecular formula is C27H34N2O3. The summed E-state index contributed by atoms with van der Waals surface area (Å²) in [5, 5.41) is 2.84. The van der Waals surface area contributed by atoms with Gasteiger partial charge in [0.05, 0.1) is 6.04 Å². The van der Waals surface area contributed by atoms with Gasteiger partial charge >= 0.3 is 0 Å². The fourth-order valence-corrected chi connectivity index (χ4v) is 4.99. The largest absolute Gasteiger partial charge is 0.484 e. The van der Waals surface area contributed by atoms with E-state index < -0.39 is 0 Å². The Morgan fingerprint density at radius 3 is 2.69 bits per heavy atom. The second kappa shape index (κ2) is 10.2. The number of hydrogen-bond donors (Lipinski definition) is 1. The van der Waals surface area contributed by atoms with Crippen molar-refractivity contribution in [2.45, 2.75) is 58.4 Å². The zero-order valence-corrected chi connectivity index (χ0v) is 19.2. The summed E-state index contributed by atoms with van der Waals surface area (Å²) in [7, 11) is 0. The van der Waals surface area contributed by atoms with Gasteiger partial charge in [-0.15, -0.1) is 0 Å². The van der Waals surface area contributed by atoms with E-state index in [1.807, 2.05) is 19.1 Å². The summed E-state index contributed by atoms with van der Waals surface area (Å²) in [4.78, 5) is 27.6. The molecule has 0 aromatic heterocycles. The van der Waals surface area contributed by atoms with Crippen molar-refractivity contribution < 1.29 is 14.3 Å². The number of carbonyl (C=O) groups is 2. The monoisotopic (exact) mass is 434 g/mol. The number of aryl methyl sites for hydroxylation is 1. The summed E-state index contributed by atoms with van der Waals surface area (Å²) >= 11 is 0. The highest BCUT2D eigenvalue weighted by Crippen LogP contribution is 2.39. The van der Waals surface area contributed by atoms with Gasteiger partial charge in [-0.3, -0.25) is 9.59 Å². The Bertz CT molecular complexity index is 965. The van der Waals surface area contributed by atoms with Gasteiger partial charge in [-0.05, 0) is 61.4 Å². The number of ether oxygens (including phenoxy) is 1. The number of amides is 2. The van der Waals surface area contributed by atoms with E-state index in [4.69, 9.17) is 4.74 Å². The standard InChI is InChI=1S/C27H34N2O3/c1-3-14-28-25(30)18-32-23-12-11-20-13-15-29(27(31)21-8-4-5-9-21)26(24(20)17-23)22-10-6-7-19(2)16-22/h6-7,10-12,16-17,21,26H,3-5,8-9,13-15,18H2,1-2H3,(H,28,30). The lowest BCUT2D eigenvalue weighted by Gasteiger charge is -2.39. The Balaban J connectivity index is 1.64. The minimum atomic E-state index is -0.121. The molecule has 2 aromatic carbocycles. The lowest BCUT2D eigenvalue weighted by atomic mass is 9.86. The van der Waals surface area contributed by atoms with Gasteiger partial charge in [0.1, 0.15) is 5.75 Å². The highest BCUT2D eigenvalue weighted by atomic mass is 16.5. The molecule has 2 aromatic rings. The third-order valence-electron chi connectivity index (χ3n) is 6.63. The summed E-state index contributed by atoms with van der Waals surface area (Å²) in [5.41, 5.74) is 4.67. The van der Waals surface area contributed by atoms with Gasteiger partial charge in [-0.1, -0.05) is 55.7 Å². The lowest BCUT2D eigenvalue weighted by molar-refractivity contribution is -0.137. The summed E-state index contributed by atoms with van der Waals surface area (Å²) in [6.45, 7) is 5.50. The molecule has 5 heteroatoms. The molecule has 1 heterocycles. The van der Waals surface area contributed by atoms with Crippen molar-refractivity contribution in [2.24, 2.45) is 5.92 Å². The molecule has 1 aliphatic heterocycles. The van der Waals surface area contributed by atoms with Crippen molar-refractivity contribution in [3.8, 4) is 5.75 Å². The third-order valence-corrected chi connectivity index (χ3v) is 6.63. The molecule has 1 saturated carbocycles. The predicted octanol–water partition coefficient (Wildman–Crippen LogP) is 4.56. The highest BCUT2D eigenvalue weighted by molar-refractivity contribution is 5.80. The van der Waals surface area contributed by atoms with Crippen molar-refractivity contribution in [1.29, 1.82) is 0 Å². The molecule has 32 heavy (non-hydrogen) atoms. The van der Waals surface area contributed by atoms with Crippen LogP contribution in [0.4, 0.5) is 0 Å². The molecule has 1 N–H and O–H groups in total. The number of benzene rings is 2. The second-order valence-corrected chi connectivity index (χ2v) is 9.08. The van der Waals surface area contributed by atoms with E-state index in [0.717, 1.165) is 56.2 Å². The Morgan fingerprint density at radius 2 is 1.94 bits per heavy atom. The van der Waals surface area contributed by atoms with Gasteiger partial charge < -0.3 is 15.0 Å². The van der Waals surface area contributed by atoms with E-state index in [2.05, 4.69) is 47.5 Å². The number of nitrogens with one attached hydrogen (secondary N) is 1. The fourth-order valence-electron chi connectivity index (χ4n) is 4.99. The predicted molar refractivity (Wildman–Crippen MR) is 126 cm³/mol. The van der Waals surface area contributed by atoms with Crippen molar-refractivity contribution in [3.63, 3.8) is 0 Å². The van der Waals surface area contributed by atoms with Gasteiger partial charge in [0.25, 0.3) is 5.91 Å². The van der Waals surface area contributed by atoms with Crippen LogP contribution >= 0.6 is 0 Å². The smallest absolute Gasteiger partial charge is 0.257 e. The second-order valence-electron chi connectivity index (χ2n) is 9.08. The molecule has 1 fully saturated rings. The zero-order valence-electron chi connectivity index (χ0n) is 19.2. The fraction of sp³-hybridized carbons (Fsp3) is 0.481. The summed E-state index contributed by atoms with van der Waals surface area (Å²) in [6.07, 6.45) is 6.03. The minimum Gasteiger partial charge on any atom is -0.484 e. The summed E-state index contributed by atoms with van der Waals surface area (Å²) < 4.78 is 5.82. The molecule has 5 nitrogen and oxygen atoms in total. The number of nitrogens with zero attached hydrogens (tertiary/aromatic N) is 1. The number of hydrogen-bond acceptors (Lipinski definition) is 3. The van der Waals surface area contributed by atoms with Gasteiger partial charge in [-0.25, -0.2) is 0 Å². The Hall–Kier alpha value is -2.82. The molecule has 4 rings (SSSR count). The average molecular weight is 435 g/mol. The first-order valence-corrected chi connectivity index (χ1v) is 12.0. The number of rotatable bonds is 7.